The van der Waals surface area contributed by atoms with Crippen LogP contribution in [0.25, 0.3) is 0 Å². The molecular weight excluding hydrogens is 206 g/mol. The Kier molecular flexibility index (Phi) is 3.51. The van der Waals surface area contributed by atoms with Crippen molar-refractivity contribution in [1.82, 2.24) is 25.2 Å². The largest absolute Gasteiger partial charge is 0.335 e. The molecule has 1 N–H and O–H groups in total. The maximum Gasteiger partial charge on any atom is 0.273 e. The van der Waals surface area contributed by atoms with Crippen molar-refractivity contribution in [3.63, 3.8) is 0 Å². The highest BCUT2D eigenvalue weighted by atomic mass is 16.2. The van der Waals surface area contributed by atoms with Crippen LogP contribution in [0.3, 0.4) is 0 Å². The Morgan fingerprint density at radius 1 is 1.50 bits per heavy atom. The number of piperazine rings is 1. The van der Waals surface area contributed by atoms with Crippen LogP contribution in [0, 0.1) is 0 Å². The number of aromatic nitrogens is 3. The van der Waals surface area contributed by atoms with Crippen molar-refractivity contribution >= 4 is 5.91 Å². The smallest absolute Gasteiger partial charge is 0.273 e. The molecule has 6 heteroatoms. The zero-order valence-corrected chi connectivity index (χ0v) is 9.52. The molecule has 1 aromatic rings. The lowest BCUT2D eigenvalue weighted by molar-refractivity contribution is 0.0723. The predicted octanol–water partition coefficient (Wildman–Crippen LogP) is -0.266. The molecule has 1 aromatic heterocycles. The molecule has 2 heterocycles. The summed E-state index contributed by atoms with van der Waals surface area (Å²) in [6, 6.07) is 0. The van der Waals surface area contributed by atoms with Gasteiger partial charge in [-0.1, -0.05) is 12.1 Å². The van der Waals surface area contributed by atoms with Gasteiger partial charge in [-0.05, 0) is 6.42 Å². The summed E-state index contributed by atoms with van der Waals surface area (Å²) in [6.45, 7) is 6.04. The van der Waals surface area contributed by atoms with E-state index in [-0.39, 0.29) is 5.91 Å². The first kappa shape index (κ1) is 11.1. The first-order chi connectivity index (χ1) is 7.83. The summed E-state index contributed by atoms with van der Waals surface area (Å²) in [7, 11) is 0. The van der Waals surface area contributed by atoms with Gasteiger partial charge >= 0.3 is 0 Å². The van der Waals surface area contributed by atoms with E-state index in [0.717, 1.165) is 39.1 Å². The van der Waals surface area contributed by atoms with Crippen LogP contribution < -0.4 is 5.32 Å². The minimum Gasteiger partial charge on any atom is -0.335 e. The summed E-state index contributed by atoms with van der Waals surface area (Å²) in [5.41, 5.74) is 0.601. The van der Waals surface area contributed by atoms with Gasteiger partial charge in [0.15, 0.2) is 0 Å². The number of nitrogens with one attached hydrogen (secondary N) is 1. The van der Waals surface area contributed by atoms with Gasteiger partial charge in [-0.15, -0.1) is 5.10 Å². The van der Waals surface area contributed by atoms with E-state index >= 15 is 0 Å². The van der Waals surface area contributed by atoms with Crippen molar-refractivity contribution in [3.8, 4) is 0 Å². The third-order valence-electron chi connectivity index (χ3n) is 2.68. The quantitative estimate of drug-likeness (QED) is 0.766. The van der Waals surface area contributed by atoms with Crippen LogP contribution in [0.1, 0.15) is 23.8 Å². The van der Waals surface area contributed by atoms with Crippen LogP contribution in [-0.4, -0.2) is 52.0 Å². The minimum atomic E-state index is 0.0416. The first-order valence-electron chi connectivity index (χ1n) is 5.71. The average molecular weight is 223 g/mol. The molecule has 16 heavy (non-hydrogen) atoms. The fourth-order valence-corrected chi connectivity index (χ4v) is 1.83. The number of nitrogens with zero attached hydrogens (tertiary/aromatic N) is 4. The van der Waals surface area contributed by atoms with Crippen molar-refractivity contribution in [2.75, 3.05) is 26.2 Å². The zero-order valence-electron chi connectivity index (χ0n) is 9.52. The van der Waals surface area contributed by atoms with E-state index in [9.17, 15) is 4.79 Å². The van der Waals surface area contributed by atoms with E-state index in [1.165, 1.54) is 0 Å². The molecule has 1 saturated heterocycles. The minimum absolute atomic E-state index is 0.0416. The van der Waals surface area contributed by atoms with Gasteiger partial charge in [-0.3, -0.25) is 4.79 Å². The molecule has 6 nitrogen and oxygen atoms in total. The molecule has 0 aromatic carbocycles. The Balaban J connectivity index is 2.09. The lowest BCUT2D eigenvalue weighted by Crippen LogP contribution is -2.46. The summed E-state index contributed by atoms with van der Waals surface area (Å²) in [5.74, 6) is 0.0416. The van der Waals surface area contributed by atoms with Gasteiger partial charge in [0, 0.05) is 32.7 Å². The monoisotopic (exact) mass is 223 g/mol. The third-order valence-corrected chi connectivity index (χ3v) is 2.68. The Morgan fingerprint density at radius 3 is 2.94 bits per heavy atom. The van der Waals surface area contributed by atoms with E-state index in [1.54, 1.807) is 10.9 Å². The molecule has 0 aliphatic carbocycles. The number of hydrogen-bond donors (Lipinski definition) is 1. The topological polar surface area (TPSA) is 63.1 Å². The molecule has 0 atom stereocenters. The van der Waals surface area contributed by atoms with E-state index in [1.807, 2.05) is 4.90 Å². The van der Waals surface area contributed by atoms with Crippen molar-refractivity contribution in [3.05, 3.63) is 11.9 Å². The van der Waals surface area contributed by atoms with Gasteiger partial charge in [-0.25, -0.2) is 4.68 Å². The second-order valence-electron chi connectivity index (χ2n) is 3.88. The molecule has 0 unspecified atom stereocenters. The van der Waals surface area contributed by atoms with Crippen LogP contribution >= 0.6 is 0 Å². The molecule has 0 radical (unpaired) electrons. The van der Waals surface area contributed by atoms with Crippen molar-refractivity contribution in [2.24, 2.45) is 0 Å². The number of hydrogen-bond acceptors (Lipinski definition) is 4. The Bertz CT molecular complexity index is 356. The molecule has 1 aliphatic heterocycles. The Hall–Kier alpha value is -1.43. The number of carbonyl (C=O) groups excluding carboxylic acids is 1. The van der Waals surface area contributed by atoms with E-state index in [4.69, 9.17) is 0 Å². The van der Waals surface area contributed by atoms with E-state index in [2.05, 4.69) is 22.6 Å². The van der Waals surface area contributed by atoms with Gasteiger partial charge in [-0.2, -0.15) is 0 Å². The van der Waals surface area contributed by atoms with E-state index in [0.29, 0.717) is 5.69 Å². The van der Waals surface area contributed by atoms with Crippen LogP contribution in [0.5, 0.6) is 0 Å². The van der Waals surface area contributed by atoms with Crippen LogP contribution in [0.4, 0.5) is 0 Å². The van der Waals surface area contributed by atoms with Gasteiger partial charge in [0.1, 0.15) is 5.69 Å². The number of rotatable bonds is 3. The highest BCUT2D eigenvalue weighted by Gasteiger charge is 2.21. The highest BCUT2D eigenvalue weighted by molar-refractivity contribution is 5.92. The maximum atomic E-state index is 12.2. The molecule has 0 saturated carbocycles. The molecule has 0 spiro atoms. The van der Waals surface area contributed by atoms with E-state index < -0.39 is 0 Å². The van der Waals surface area contributed by atoms with Crippen LogP contribution in [0.15, 0.2) is 6.20 Å². The average Bonchev–Trinajstić information content (AvgIpc) is 2.78. The molecule has 1 aliphatic rings. The predicted molar refractivity (Wildman–Crippen MR) is 59.1 cm³/mol. The van der Waals surface area contributed by atoms with Crippen molar-refractivity contribution in [2.45, 2.75) is 19.9 Å². The fraction of sp³-hybridized carbons (Fsp3) is 0.700. The second kappa shape index (κ2) is 5.07. The summed E-state index contributed by atoms with van der Waals surface area (Å²) in [5, 5.41) is 11.0. The molecular formula is C10H17N5O. The number of carbonyl (C=O) groups is 1. The maximum absolute atomic E-state index is 12.2. The first-order valence-corrected chi connectivity index (χ1v) is 5.71. The van der Waals surface area contributed by atoms with Crippen molar-refractivity contribution in [1.29, 1.82) is 0 Å². The number of amides is 1. The summed E-state index contributed by atoms with van der Waals surface area (Å²) in [4.78, 5) is 14.0. The molecule has 0 bridgehead atoms. The lowest BCUT2D eigenvalue weighted by Gasteiger charge is -2.27. The van der Waals surface area contributed by atoms with Crippen LogP contribution in [0.2, 0.25) is 0 Å². The second-order valence-corrected chi connectivity index (χ2v) is 3.88. The number of aryl methyl sites for hydroxylation is 1. The van der Waals surface area contributed by atoms with Gasteiger partial charge < -0.3 is 10.2 Å². The fourth-order valence-electron chi connectivity index (χ4n) is 1.83. The van der Waals surface area contributed by atoms with Gasteiger partial charge in [0.2, 0.25) is 0 Å². The van der Waals surface area contributed by atoms with Crippen molar-refractivity contribution < 1.29 is 4.79 Å². The molecule has 1 amide bonds. The summed E-state index contributed by atoms with van der Waals surface area (Å²) < 4.78 is 1.68. The standard InChI is InChI=1S/C10H17N5O/c1-2-5-15-9(8-12-13-15)10(16)14-6-3-11-4-7-14/h8,11H,2-7H2,1H3. The summed E-state index contributed by atoms with van der Waals surface area (Å²) >= 11 is 0. The zero-order chi connectivity index (χ0) is 11.4. The summed E-state index contributed by atoms with van der Waals surface area (Å²) in [6.07, 6.45) is 2.51. The Morgan fingerprint density at radius 2 is 2.25 bits per heavy atom. The van der Waals surface area contributed by atoms with Gasteiger partial charge in [0.25, 0.3) is 5.91 Å². The normalized spacial score (nSPS) is 16.4. The highest BCUT2D eigenvalue weighted by Crippen LogP contribution is 2.05. The molecule has 2 rings (SSSR count). The van der Waals surface area contributed by atoms with Gasteiger partial charge in [0.05, 0.1) is 6.20 Å². The molecule has 1 fully saturated rings. The SMILES string of the molecule is CCCn1nncc1C(=O)N1CCNCC1. The lowest BCUT2D eigenvalue weighted by atomic mass is 10.3. The Labute approximate surface area is 94.6 Å². The third kappa shape index (κ3) is 2.21. The molecule has 88 valence electrons. The van der Waals surface area contributed by atoms with Crippen LogP contribution in [-0.2, 0) is 6.54 Å².